The average Bonchev–Trinajstić information content (AvgIpc) is 3.84. The molecule has 0 atom stereocenters. The van der Waals surface area contributed by atoms with E-state index >= 15 is 0 Å². The summed E-state index contributed by atoms with van der Waals surface area (Å²) in [5.74, 6) is 0. The molecule has 0 unspecified atom stereocenters. The third-order valence-corrected chi connectivity index (χ3v) is 12.5. The Morgan fingerprint density at radius 2 is 0.983 bits per heavy atom. The molecule has 11 aromatic rings. The van der Waals surface area contributed by atoms with Crippen LogP contribution in [-0.4, -0.2) is 0 Å². The molecular formula is C57H51NO. The zero-order chi connectivity index (χ0) is 38.9. The van der Waals surface area contributed by atoms with Crippen molar-refractivity contribution in [1.29, 1.82) is 0 Å². The van der Waals surface area contributed by atoms with Crippen LogP contribution in [-0.2, 0) is 5.41 Å². The van der Waals surface area contributed by atoms with E-state index in [1.165, 1.54) is 54.9 Å². The predicted molar refractivity (Wildman–Crippen MR) is 261 cm³/mol. The molecule has 0 N–H and O–H groups in total. The van der Waals surface area contributed by atoms with Gasteiger partial charge in [-0.2, -0.15) is 0 Å². The summed E-state index contributed by atoms with van der Waals surface area (Å²) in [4.78, 5) is 2.46. The Morgan fingerprint density at radius 1 is 0.390 bits per heavy atom. The van der Waals surface area contributed by atoms with Crippen LogP contribution < -0.4 is 4.90 Å². The van der Waals surface area contributed by atoms with Crippen molar-refractivity contribution in [1.82, 2.24) is 0 Å². The zero-order valence-corrected chi connectivity index (χ0v) is 32.2. The predicted octanol–water partition coefficient (Wildman–Crippen LogP) is 17.1. The second-order valence-electron chi connectivity index (χ2n) is 15.6. The second kappa shape index (κ2) is 13.2. The molecule has 10 aromatic carbocycles. The first-order valence-corrected chi connectivity index (χ1v) is 20.3. The highest BCUT2D eigenvalue weighted by Gasteiger charge is 2.46. The summed E-state index contributed by atoms with van der Waals surface area (Å²) < 4.78 is 6.49. The number of nitrogens with zero attached hydrogens (tertiary/aromatic N) is 1. The van der Waals surface area contributed by atoms with Gasteiger partial charge in [-0.25, -0.2) is 0 Å². The third kappa shape index (κ3) is 5.00. The van der Waals surface area contributed by atoms with Gasteiger partial charge in [0.25, 0.3) is 0 Å². The van der Waals surface area contributed by atoms with Crippen LogP contribution in [0.4, 0.5) is 17.1 Å². The minimum atomic E-state index is -0.517. The van der Waals surface area contributed by atoms with Crippen molar-refractivity contribution in [2.45, 2.75) is 5.41 Å². The molecule has 2 heteroatoms. The molecule has 1 heterocycles. The molecule has 1 aromatic heterocycles. The van der Waals surface area contributed by atoms with E-state index in [0.29, 0.717) is 0 Å². The summed E-state index contributed by atoms with van der Waals surface area (Å²) in [5, 5.41) is 7.15. The molecule has 12 rings (SSSR count). The smallest absolute Gasteiger partial charge is 0.143 e. The Morgan fingerprint density at radius 3 is 1.80 bits per heavy atom. The number of hydrogen-bond donors (Lipinski definition) is 0. The summed E-state index contributed by atoms with van der Waals surface area (Å²) in [7, 11) is 0. The van der Waals surface area contributed by atoms with E-state index in [2.05, 4.69) is 217 Å². The van der Waals surface area contributed by atoms with Crippen LogP contribution in [0, 0.1) is 0 Å². The highest BCUT2D eigenvalue weighted by Crippen LogP contribution is 2.57. The van der Waals surface area contributed by atoms with Crippen LogP contribution in [0.5, 0.6) is 0 Å². The van der Waals surface area contributed by atoms with Gasteiger partial charge in [0.15, 0.2) is 0 Å². The van der Waals surface area contributed by atoms with Crippen molar-refractivity contribution in [2.75, 3.05) is 4.90 Å². The fraction of sp³-hybridized carbons (Fsp3) is 0.0175. The largest absolute Gasteiger partial charge is 0.455 e. The SMILES string of the molecule is [HH].[HH].[HH].[HH].[HH].[HH].[HH].c1ccc(C2(c3ccccc3)c3ccccc3-c3ccc(N(c4ccc(-c5cccc6c5oc5ccccc56)cc4)c4cccc5ccc6ccccc6c45)cc32)cc1. The molecule has 0 saturated heterocycles. The maximum atomic E-state index is 6.49. The molecule has 290 valence electrons. The molecule has 0 radical (unpaired) electrons. The Kier molecular flexibility index (Phi) is 7.48. The summed E-state index contributed by atoms with van der Waals surface area (Å²) in [5.41, 5.74) is 14.4. The Labute approximate surface area is 353 Å². The summed E-state index contributed by atoms with van der Waals surface area (Å²) in [6.07, 6.45) is 0. The number of anilines is 3. The number of furan rings is 1. The normalized spacial score (nSPS) is 12.9. The molecule has 0 spiro atoms. The van der Waals surface area contributed by atoms with Crippen molar-refractivity contribution in [3.05, 3.63) is 247 Å². The fourth-order valence-corrected chi connectivity index (χ4v) is 9.99. The number of benzene rings is 10. The van der Waals surface area contributed by atoms with Crippen LogP contribution in [0.2, 0.25) is 0 Å². The summed E-state index contributed by atoms with van der Waals surface area (Å²) in [6, 6.07) is 81.9. The first-order chi connectivity index (χ1) is 29.3. The van der Waals surface area contributed by atoms with E-state index in [-0.39, 0.29) is 9.99 Å². The van der Waals surface area contributed by atoms with E-state index in [0.717, 1.165) is 50.1 Å². The van der Waals surface area contributed by atoms with Gasteiger partial charge in [-0.1, -0.05) is 188 Å². The average molecular weight is 766 g/mol. The standard InChI is InChI=1S/C57H37NO.7H2/c1-3-17-41(18-4-1)57(42-19-5-2-6-20-42)51-26-11-9-22-47(51)48-36-35-44(37-52(48)57)58(53-27-13-16-40-30-29-38-15-7-8-21-45(38)55(40)53)43-33-31-39(32-34-43)46-24-14-25-50-49-23-10-12-28-54(49)59-56(46)50;;;;;;;/h1-37H;7*1H. The molecule has 1 aliphatic rings. The van der Waals surface area contributed by atoms with Gasteiger partial charge in [0.2, 0.25) is 0 Å². The summed E-state index contributed by atoms with van der Waals surface area (Å²) in [6.45, 7) is 0. The molecule has 0 fully saturated rings. The van der Waals surface area contributed by atoms with Gasteiger partial charge in [0.1, 0.15) is 11.2 Å². The monoisotopic (exact) mass is 765 g/mol. The Hall–Kier alpha value is -7.68. The lowest BCUT2D eigenvalue weighted by molar-refractivity contribution is 0.670. The van der Waals surface area contributed by atoms with Crippen LogP contribution in [0.3, 0.4) is 0 Å². The lowest BCUT2D eigenvalue weighted by Gasteiger charge is -2.35. The van der Waals surface area contributed by atoms with Gasteiger partial charge in [-0.3, -0.25) is 0 Å². The van der Waals surface area contributed by atoms with E-state index in [1.807, 2.05) is 12.1 Å². The van der Waals surface area contributed by atoms with Crippen molar-refractivity contribution in [3.8, 4) is 22.3 Å². The maximum Gasteiger partial charge on any atom is 0.143 e. The second-order valence-corrected chi connectivity index (χ2v) is 15.6. The zero-order valence-electron chi connectivity index (χ0n) is 32.2. The van der Waals surface area contributed by atoms with Gasteiger partial charge in [0.05, 0.1) is 11.1 Å². The van der Waals surface area contributed by atoms with Gasteiger partial charge in [0, 0.05) is 43.1 Å². The van der Waals surface area contributed by atoms with Crippen molar-refractivity contribution in [2.24, 2.45) is 0 Å². The highest BCUT2D eigenvalue weighted by atomic mass is 16.3. The minimum Gasteiger partial charge on any atom is -0.455 e. The van der Waals surface area contributed by atoms with Crippen LogP contribution >= 0.6 is 0 Å². The minimum absolute atomic E-state index is 0. The Balaban J connectivity index is 0.00000117. The summed E-state index contributed by atoms with van der Waals surface area (Å²) >= 11 is 0. The molecule has 0 saturated carbocycles. The van der Waals surface area contributed by atoms with E-state index < -0.39 is 5.41 Å². The van der Waals surface area contributed by atoms with Crippen LogP contribution in [0.1, 0.15) is 32.2 Å². The fourth-order valence-electron chi connectivity index (χ4n) is 9.99. The number of fused-ring (bicyclic) bond motifs is 9. The molecule has 1 aliphatic carbocycles. The quantitative estimate of drug-likeness (QED) is 0.157. The highest BCUT2D eigenvalue weighted by molar-refractivity contribution is 6.15. The molecule has 0 amide bonds. The topological polar surface area (TPSA) is 16.4 Å². The Bertz CT molecular complexity index is 3370. The van der Waals surface area contributed by atoms with Gasteiger partial charge in [-0.15, -0.1) is 0 Å². The lowest BCUT2D eigenvalue weighted by Crippen LogP contribution is -2.28. The van der Waals surface area contributed by atoms with Crippen LogP contribution in [0.25, 0.3) is 65.7 Å². The first kappa shape index (κ1) is 33.5. The lowest BCUT2D eigenvalue weighted by atomic mass is 9.67. The van der Waals surface area contributed by atoms with E-state index in [4.69, 9.17) is 4.42 Å². The number of hydrogen-bond acceptors (Lipinski definition) is 2. The van der Waals surface area contributed by atoms with E-state index in [9.17, 15) is 0 Å². The third-order valence-electron chi connectivity index (χ3n) is 12.5. The molecule has 0 aliphatic heterocycles. The van der Waals surface area contributed by atoms with Crippen molar-refractivity contribution >= 4 is 60.5 Å². The van der Waals surface area contributed by atoms with Gasteiger partial charge >= 0.3 is 0 Å². The molecular weight excluding hydrogens is 715 g/mol. The number of para-hydroxylation sites is 2. The van der Waals surface area contributed by atoms with Gasteiger partial charge < -0.3 is 9.32 Å². The first-order valence-electron chi connectivity index (χ1n) is 20.3. The molecule has 0 bridgehead atoms. The van der Waals surface area contributed by atoms with Crippen LogP contribution in [0.15, 0.2) is 229 Å². The van der Waals surface area contributed by atoms with Crippen molar-refractivity contribution < 1.29 is 14.4 Å². The number of rotatable bonds is 6. The van der Waals surface area contributed by atoms with Gasteiger partial charge in [-0.05, 0) is 91.5 Å². The molecule has 2 nitrogen and oxygen atoms in total. The van der Waals surface area contributed by atoms with Crippen molar-refractivity contribution in [3.63, 3.8) is 0 Å². The molecule has 59 heavy (non-hydrogen) atoms. The van der Waals surface area contributed by atoms with E-state index in [1.54, 1.807) is 0 Å². The maximum absolute atomic E-state index is 6.49.